The zero-order valence-corrected chi connectivity index (χ0v) is 9.48. The average molecular weight is 270 g/mol. The Bertz CT molecular complexity index is 574. The number of nitrogens with zero attached hydrogens (tertiary/aromatic N) is 2. The lowest BCUT2D eigenvalue weighted by atomic mass is 10.3. The van der Waals surface area contributed by atoms with E-state index in [-0.39, 0.29) is 11.6 Å². The van der Waals surface area contributed by atoms with Crippen LogP contribution >= 0.6 is 0 Å². The molecule has 0 atom stereocenters. The van der Waals surface area contributed by atoms with Crippen molar-refractivity contribution in [3.05, 3.63) is 36.7 Å². The first kappa shape index (κ1) is 12.9. The van der Waals surface area contributed by atoms with Gasteiger partial charge in [0.25, 0.3) is 0 Å². The van der Waals surface area contributed by atoms with E-state index < -0.39 is 6.36 Å². The standard InChI is InChI=1S/C11H9F3N4O/c12-11(13,14)19-8-3-1-2-7(4-8)18-10-5-9(15)16-6-17-10/h1-6H,(H3,15,16,17,18). The van der Waals surface area contributed by atoms with E-state index in [1.54, 1.807) is 6.07 Å². The molecule has 1 aromatic heterocycles. The molecule has 0 aliphatic heterocycles. The van der Waals surface area contributed by atoms with Crippen LogP contribution in [0.25, 0.3) is 0 Å². The number of rotatable bonds is 3. The van der Waals surface area contributed by atoms with E-state index in [9.17, 15) is 13.2 Å². The Balaban J connectivity index is 2.15. The lowest BCUT2D eigenvalue weighted by molar-refractivity contribution is -0.274. The van der Waals surface area contributed by atoms with Crippen LogP contribution in [0.5, 0.6) is 5.75 Å². The third kappa shape index (κ3) is 4.02. The topological polar surface area (TPSA) is 73.1 Å². The molecular formula is C11H9F3N4O. The first-order chi connectivity index (χ1) is 8.92. The second-order valence-electron chi connectivity index (χ2n) is 3.53. The molecule has 5 nitrogen and oxygen atoms in total. The lowest BCUT2D eigenvalue weighted by Gasteiger charge is -2.10. The van der Waals surface area contributed by atoms with Gasteiger partial charge in [0, 0.05) is 17.8 Å². The van der Waals surface area contributed by atoms with Crippen LogP contribution in [0.1, 0.15) is 0 Å². The van der Waals surface area contributed by atoms with Crippen molar-refractivity contribution in [2.24, 2.45) is 0 Å². The second kappa shape index (κ2) is 5.01. The molecule has 2 aromatic rings. The van der Waals surface area contributed by atoms with Crippen molar-refractivity contribution in [2.45, 2.75) is 6.36 Å². The minimum Gasteiger partial charge on any atom is -0.406 e. The number of benzene rings is 1. The highest BCUT2D eigenvalue weighted by Crippen LogP contribution is 2.26. The van der Waals surface area contributed by atoms with Gasteiger partial charge in [0.1, 0.15) is 23.7 Å². The molecule has 0 saturated carbocycles. The molecule has 0 radical (unpaired) electrons. The molecule has 0 unspecified atom stereocenters. The Morgan fingerprint density at radius 1 is 1.16 bits per heavy atom. The van der Waals surface area contributed by atoms with Crippen LogP contribution in [0.3, 0.4) is 0 Å². The summed E-state index contributed by atoms with van der Waals surface area (Å²) >= 11 is 0. The molecule has 2 rings (SSSR count). The Kier molecular flexibility index (Phi) is 3.41. The number of anilines is 3. The maximum absolute atomic E-state index is 12.1. The van der Waals surface area contributed by atoms with E-state index in [0.717, 1.165) is 0 Å². The summed E-state index contributed by atoms with van der Waals surface area (Å²) in [5, 5.41) is 2.79. The largest absolute Gasteiger partial charge is 0.573 e. The van der Waals surface area contributed by atoms with Gasteiger partial charge in [0.2, 0.25) is 0 Å². The van der Waals surface area contributed by atoms with Gasteiger partial charge in [-0.2, -0.15) is 0 Å². The zero-order valence-electron chi connectivity index (χ0n) is 9.48. The van der Waals surface area contributed by atoms with Crippen LogP contribution in [0.2, 0.25) is 0 Å². The molecule has 0 amide bonds. The molecule has 0 aliphatic rings. The molecule has 0 fully saturated rings. The summed E-state index contributed by atoms with van der Waals surface area (Å²) in [6.07, 6.45) is -3.48. The van der Waals surface area contributed by atoms with Gasteiger partial charge in [-0.3, -0.25) is 0 Å². The average Bonchev–Trinajstić information content (AvgIpc) is 2.27. The fourth-order valence-corrected chi connectivity index (χ4v) is 1.36. The first-order valence-electron chi connectivity index (χ1n) is 5.13. The van der Waals surface area contributed by atoms with E-state index in [0.29, 0.717) is 11.5 Å². The van der Waals surface area contributed by atoms with Crippen molar-refractivity contribution in [2.75, 3.05) is 11.1 Å². The summed E-state index contributed by atoms with van der Waals surface area (Å²) in [6, 6.07) is 6.85. The first-order valence-corrected chi connectivity index (χ1v) is 5.13. The van der Waals surface area contributed by atoms with Crippen molar-refractivity contribution in [1.29, 1.82) is 0 Å². The number of ether oxygens (including phenoxy) is 1. The van der Waals surface area contributed by atoms with Crippen LogP contribution in [0, 0.1) is 0 Å². The monoisotopic (exact) mass is 270 g/mol. The number of nitrogens with one attached hydrogen (secondary N) is 1. The minimum atomic E-state index is -4.72. The van der Waals surface area contributed by atoms with Crippen LogP contribution in [0.15, 0.2) is 36.7 Å². The number of hydrogen-bond donors (Lipinski definition) is 2. The van der Waals surface area contributed by atoms with Gasteiger partial charge in [-0.15, -0.1) is 13.2 Å². The predicted octanol–water partition coefficient (Wildman–Crippen LogP) is 2.70. The van der Waals surface area contributed by atoms with E-state index in [1.807, 2.05) is 0 Å². The van der Waals surface area contributed by atoms with Crippen LogP contribution in [0.4, 0.5) is 30.5 Å². The molecule has 19 heavy (non-hydrogen) atoms. The molecule has 0 spiro atoms. The van der Waals surface area contributed by atoms with Crippen LogP contribution in [-0.4, -0.2) is 16.3 Å². The van der Waals surface area contributed by atoms with E-state index >= 15 is 0 Å². The molecular weight excluding hydrogens is 261 g/mol. The number of alkyl halides is 3. The highest BCUT2D eigenvalue weighted by Gasteiger charge is 2.31. The fraction of sp³-hybridized carbons (Fsp3) is 0.0909. The van der Waals surface area contributed by atoms with Crippen molar-refractivity contribution < 1.29 is 17.9 Å². The maximum Gasteiger partial charge on any atom is 0.573 e. The highest BCUT2D eigenvalue weighted by atomic mass is 19.4. The molecule has 0 aliphatic carbocycles. The predicted molar refractivity (Wildman–Crippen MR) is 62.9 cm³/mol. The Labute approximate surface area is 106 Å². The van der Waals surface area contributed by atoms with E-state index in [4.69, 9.17) is 5.73 Å². The molecule has 0 bridgehead atoms. The van der Waals surface area contributed by atoms with Crippen LogP contribution in [-0.2, 0) is 0 Å². The quantitative estimate of drug-likeness (QED) is 0.897. The number of hydrogen-bond acceptors (Lipinski definition) is 5. The smallest absolute Gasteiger partial charge is 0.406 e. The summed E-state index contributed by atoms with van der Waals surface area (Å²) in [6.45, 7) is 0. The van der Waals surface area contributed by atoms with Gasteiger partial charge in [-0.05, 0) is 12.1 Å². The van der Waals surface area contributed by atoms with Gasteiger partial charge in [0.15, 0.2) is 0 Å². The number of nitrogen functional groups attached to an aromatic ring is 1. The van der Waals surface area contributed by atoms with E-state index in [2.05, 4.69) is 20.0 Å². The van der Waals surface area contributed by atoms with Gasteiger partial charge in [0.05, 0.1) is 0 Å². The summed E-state index contributed by atoms with van der Waals surface area (Å²) in [4.78, 5) is 7.57. The molecule has 1 aromatic carbocycles. The number of nitrogens with two attached hydrogens (primary N) is 1. The van der Waals surface area contributed by atoms with E-state index in [1.165, 1.54) is 30.6 Å². The molecule has 1 heterocycles. The molecule has 100 valence electrons. The maximum atomic E-state index is 12.1. The van der Waals surface area contributed by atoms with Gasteiger partial charge in [-0.25, -0.2) is 9.97 Å². The second-order valence-corrected chi connectivity index (χ2v) is 3.53. The highest BCUT2D eigenvalue weighted by molar-refractivity contribution is 5.59. The normalized spacial score (nSPS) is 11.1. The summed E-state index contributed by atoms with van der Waals surface area (Å²) in [5.74, 6) is 0.302. The summed E-state index contributed by atoms with van der Waals surface area (Å²) < 4.78 is 40.0. The van der Waals surface area contributed by atoms with Gasteiger partial charge < -0.3 is 15.8 Å². The Morgan fingerprint density at radius 2 is 1.95 bits per heavy atom. The summed E-state index contributed by atoms with van der Waals surface area (Å²) in [7, 11) is 0. The third-order valence-electron chi connectivity index (χ3n) is 2.03. The Hall–Kier alpha value is -2.51. The van der Waals surface area contributed by atoms with Crippen molar-refractivity contribution in [3.63, 3.8) is 0 Å². The lowest BCUT2D eigenvalue weighted by Crippen LogP contribution is -2.17. The molecule has 8 heteroatoms. The van der Waals surface area contributed by atoms with Crippen molar-refractivity contribution >= 4 is 17.3 Å². The Morgan fingerprint density at radius 3 is 2.63 bits per heavy atom. The summed E-state index contributed by atoms with van der Waals surface area (Å²) in [5.41, 5.74) is 5.85. The number of aromatic nitrogens is 2. The SMILES string of the molecule is Nc1cc(Nc2cccc(OC(F)(F)F)c2)ncn1. The molecule has 3 N–H and O–H groups in total. The van der Waals surface area contributed by atoms with Gasteiger partial charge in [-0.1, -0.05) is 6.07 Å². The molecule has 0 saturated heterocycles. The third-order valence-corrected chi connectivity index (χ3v) is 2.03. The zero-order chi connectivity index (χ0) is 13.9. The van der Waals surface area contributed by atoms with Crippen LogP contribution < -0.4 is 15.8 Å². The van der Waals surface area contributed by atoms with Crippen molar-refractivity contribution in [1.82, 2.24) is 9.97 Å². The van der Waals surface area contributed by atoms with Crippen molar-refractivity contribution in [3.8, 4) is 5.75 Å². The minimum absolute atomic E-state index is 0.250. The number of halogens is 3. The van der Waals surface area contributed by atoms with Gasteiger partial charge >= 0.3 is 6.36 Å². The fourth-order valence-electron chi connectivity index (χ4n) is 1.36.